The zero-order valence-corrected chi connectivity index (χ0v) is 11.8. The third kappa shape index (κ3) is 7.09. The summed E-state index contributed by atoms with van der Waals surface area (Å²) in [6.45, 7) is 8.37. The summed E-state index contributed by atoms with van der Waals surface area (Å²) in [4.78, 5) is 22.1. The molecule has 4 nitrogen and oxygen atoms in total. The fourth-order valence-electron chi connectivity index (χ4n) is 1.62. The molecule has 0 fully saturated rings. The fraction of sp³-hybridized carbons (Fsp3) is 0.714. The molecule has 0 saturated heterocycles. The average molecular weight is 256 g/mol. The second-order valence-corrected chi connectivity index (χ2v) is 4.25. The van der Waals surface area contributed by atoms with E-state index in [1.54, 1.807) is 6.92 Å². The van der Waals surface area contributed by atoms with Crippen LogP contribution in [0.1, 0.15) is 47.0 Å². The van der Waals surface area contributed by atoms with Crippen LogP contribution in [0, 0.1) is 5.92 Å². The highest BCUT2D eigenvalue weighted by molar-refractivity contribution is 6.29. The van der Waals surface area contributed by atoms with Crippen LogP contribution in [0.2, 0.25) is 0 Å². The summed E-state index contributed by atoms with van der Waals surface area (Å²) in [6.07, 6.45) is 4.93. The van der Waals surface area contributed by atoms with Gasteiger partial charge in [-0.2, -0.15) is 0 Å². The van der Waals surface area contributed by atoms with Crippen molar-refractivity contribution in [2.75, 3.05) is 13.2 Å². The quantitative estimate of drug-likeness (QED) is 0.399. The Morgan fingerprint density at radius 3 is 2.28 bits per heavy atom. The third-order valence-corrected chi connectivity index (χ3v) is 2.76. The first kappa shape index (κ1) is 16.7. The van der Waals surface area contributed by atoms with Crippen LogP contribution >= 0.6 is 0 Å². The van der Waals surface area contributed by atoms with Gasteiger partial charge in [-0.25, -0.2) is 9.59 Å². The third-order valence-electron chi connectivity index (χ3n) is 2.76. The number of ether oxygens (including phenoxy) is 2. The van der Waals surface area contributed by atoms with Gasteiger partial charge in [-0.15, -0.1) is 0 Å². The first-order chi connectivity index (χ1) is 8.54. The Morgan fingerprint density at radius 1 is 1.17 bits per heavy atom. The van der Waals surface area contributed by atoms with Crippen LogP contribution in [-0.4, -0.2) is 25.2 Å². The van der Waals surface area contributed by atoms with Crippen molar-refractivity contribution in [3.05, 3.63) is 11.6 Å². The van der Waals surface area contributed by atoms with E-state index in [1.165, 1.54) is 5.57 Å². The molecule has 104 valence electrons. The Hall–Kier alpha value is -1.32. The summed E-state index contributed by atoms with van der Waals surface area (Å²) in [5.41, 5.74) is 1.40. The largest absolute Gasteiger partial charge is 0.458 e. The van der Waals surface area contributed by atoms with Gasteiger partial charge in [0.2, 0.25) is 0 Å². The van der Waals surface area contributed by atoms with E-state index in [0.717, 1.165) is 19.3 Å². The molecular weight excluding hydrogens is 232 g/mol. The standard InChI is InChI=1S/C14H24O4/c1-5-12(6-2)10-11(4)8-9-18-14(16)13(15)17-7-3/h5,11H,6-10H2,1-4H3. The summed E-state index contributed by atoms with van der Waals surface area (Å²) < 4.78 is 9.38. The van der Waals surface area contributed by atoms with E-state index in [4.69, 9.17) is 4.74 Å². The van der Waals surface area contributed by atoms with Crippen LogP contribution in [0.5, 0.6) is 0 Å². The molecule has 0 aromatic carbocycles. The van der Waals surface area contributed by atoms with Crippen molar-refractivity contribution >= 4 is 11.9 Å². The van der Waals surface area contributed by atoms with E-state index < -0.39 is 11.9 Å². The van der Waals surface area contributed by atoms with Gasteiger partial charge in [0.05, 0.1) is 13.2 Å². The molecule has 18 heavy (non-hydrogen) atoms. The maximum Gasteiger partial charge on any atom is 0.417 e. The number of carbonyl (C=O) groups excluding carboxylic acids is 2. The van der Waals surface area contributed by atoms with E-state index in [9.17, 15) is 9.59 Å². The molecule has 0 aromatic heterocycles. The van der Waals surface area contributed by atoms with Crippen LogP contribution in [0.4, 0.5) is 0 Å². The topological polar surface area (TPSA) is 52.6 Å². The summed E-state index contributed by atoms with van der Waals surface area (Å²) in [5.74, 6) is -1.37. The molecule has 0 bridgehead atoms. The van der Waals surface area contributed by atoms with E-state index in [1.807, 2.05) is 6.92 Å². The van der Waals surface area contributed by atoms with Crippen molar-refractivity contribution in [3.8, 4) is 0 Å². The lowest BCUT2D eigenvalue weighted by atomic mass is 9.97. The molecule has 0 heterocycles. The zero-order valence-electron chi connectivity index (χ0n) is 11.8. The molecule has 0 aliphatic rings. The molecule has 4 heteroatoms. The Kier molecular flexibility index (Phi) is 8.97. The second kappa shape index (κ2) is 9.68. The maximum absolute atomic E-state index is 11.1. The van der Waals surface area contributed by atoms with Crippen LogP contribution < -0.4 is 0 Å². The van der Waals surface area contributed by atoms with Crippen molar-refractivity contribution in [1.29, 1.82) is 0 Å². The Morgan fingerprint density at radius 2 is 1.78 bits per heavy atom. The van der Waals surface area contributed by atoms with Crippen molar-refractivity contribution < 1.29 is 19.1 Å². The van der Waals surface area contributed by atoms with E-state index in [-0.39, 0.29) is 13.2 Å². The zero-order chi connectivity index (χ0) is 14.0. The van der Waals surface area contributed by atoms with Crippen LogP contribution in [0.25, 0.3) is 0 Å². The van der Waals surface area contributed by atoms with Gasteiger partial charge in [-0.1, -0.05) is 25.5 Å². The summed E-state index contributed by atoms with van der Waals surface area (Å²) in [7, 11) is 0. The Labute approximate surface area is 109 Å². The maximum atomic E-state index is 11.1. The van der Waals surface area contributed by atoms with Crippen LogP contribution in [0.3, 0.4) is 0 Å². The minimum atomic E-state index is -0.909. The predicted octanol–water partition coefficient (Wildman–Crippen LogP) is 2.87. The number of esters is 2. The summed E-state index contributed by atoms with van der Waals surface area (Å²) >= 11 is 0. The molecule has 0 rings (SSSR count). The van der Waals surface area contributed by atoms with Gasteiger partial charge >= 0.3 is 11.9 Å². The molecule has 0 aromatic rings. The molecule has 0 N–H and O–H groups in total. The van der Waals surface area contributed by atoms with Gasteiger partial charge in [-0.05, 0) is 39.0 Å². The normalized spacial score (nSPS) is 13.0. The Balaban J connectivity index is 3.84. The first-order valence-electron chi connectivity index (χ1n) is 6.53. The van der Waals surface area contributed by atoms with Gasteiger partial charge in [0.1, 0.15) is 0 Å². The SMILES string of the molecule is CC=C(CC)CC(C)CCOC(=O)C(=O)OCC. The van der Waals surface area contributed by atoms with Gasteiger partial charge in [0.25, 0.3) is 0 Å². The predicted molar refractivity (Wildman–Crippen MR) is 70.0 cm³/mol. The molecule has 0 aliphatic heterocycles. The van der Waals surface area contributed by atoms with E-state index in [2.05, 4.69) is 24.7 Å². The lowest BCUT2D eigenvalue weighted by Gasteiger charge is -2.12. The number of rotatable bonds is 7. The van der Waals surface area contributed by atoms with E-state index >= 15 is 0 Å². The lowest BCUT2D eigenvalue weighted by molar-refractivity contribution is -0.167. The molecular formula is C14H24O4. The molecule has 0 saturated carbocycles. The van der Waals surface area contributed by atoms with Crippen molar-refractivity contribution in [2.24, 2.45) is 5.92 Å². The first-order valence-corrected chi connectivity index (χ1v) is 6.53. The van der Waals surface area contributed by atoms with E-state index in [0.29, 0.717) is 5.92 Å². The smallest absolute Gasteiger partial charge is 0.417 e. The van der Waals surface area contributed by atoms with Gasteiger partial charge in [0, 0.05) is 0 Å². The number of carbonyl (C=O) groups is 2. The summed E-state index contributed by atoms with van der Waals surface area (Å²) in [6, 6.07) is 0. The summed E-state index contributed by atoms with van der Waals surface area (Å²) in [5, 5.41) is 0. The highest BCUT2D eigenvalue weighted by atomic mass is 16.6. The van der Waals surface area contributed by atoms with Crippen molar-refractivity contribution in [2.45, 2.75) is 47.0 Å². The number of allylic oxidation sites excluding steroid dienone is 2. The monoisotopic (exact) mass is 256 g/mol. The molecule has 0 radical (unpaired) electrons. The Bertz CT molecular complexity index is 294. The fourth-order valence-corrected chi connectivity index (χ4v) is 1.62. The lowest BCUT2D eigenvalue weighted by Crippen LogP contribution is -2.21. The molecule has 0 amide bonds. The van der Waals surface area contributed by atoms with Gasteiger partial charge in [0.15, 0.2) is 0 Å². The average Bonchev–Trinajstić information content (AvgIpc) is 2.36. The minimum Gasteiger partial charge on any atom is -0.458 e. The van der Waals surface area contributed by atoms with Gasteiger partial charge < -0.3 is 9.47 Å². The highest BCUT2D eigenvalue weighted by Gasteiger charge is 2.16. The number of hydrogen-bond acceptors (Lipinski definition) is 4. The molecule has 0 aliphatic carbocycles. The second-order valence-electron chi connectivity index (χ2n) is 4.25. The highest BCUT2D eigenvalue weighted by Crippen LogP contribution is 2.17. The van der Waals surface area contributed by atoms with Crippen LogP contribution in [-0.2, 0) is 19.1 Å². The van der Waals surface area contributed by atoms with Crippen LogP contribution in [0.15, 0.2) is 11.6 Å². The molecule has 1 atom stereocenters. The molecule has 0 spiro atoms. The molecule has 1 unspecified atom stereocenters. The van der Waals surface area contributed by atoms with Gasteiger partial charge in [-0.3, -0.25) is 0 Å². The minimum absolute atomic E-state index is 0.186. The number of hydrogen-bond donors (Lipinski definition) is 0. The van der Waals surface area contributed by atoms with Crippen molar-refractivity contribution in [1.82, 2.24) is 0 Å². The van der Waals surface area contributed by atoms with Crippen molar-refractivity contribution in [3.63, 3.8) is 0 Å².